The van der Waals surface area contributed by atoms with Crippen LogP contribution < -0.4 is 10.6 Å². The molecule has 0 spiro atoms. The lowest BCUT2D eigenvalue weighted by molar-refractivity contribution is -0.119. The number of hydrogen-bond donors (Lipinski definition) is 2. The van der Waals surface area contributed by atoms with E-state index in [0.717, 1.165) is 36.2 Å². The molecular weight excluding hydrogens is 240 g/mol. The summed E-state index contributed by atoms with van der Waals surface area (Å²) in [6.07, 6.45) is 3.14. The van der Waals surface area contributed by atoms with E-state index >= 15 is 0 Å². The van der Waals surface area contributed by atoms with E-state index in [1.165, 1.54) is 0 Å². The Balaban J connectivity index is 2.06. The number of nitrogens with one attached hydrogen (secondary N) is 2. The average Bonchev–Trinajstić information content (AvgIpc) is 2.39. The zero-order chi connectivity index (χ0) is 13.8. The first-order chi connectivity index (χ1) is 9.10. The van der Waals surface area contributed by atoms with E-state index in [9.17, 15) is 9.59 Å². The Morgan fingerprint density at radius 3 is 2.95 bits per heavy atom. The summed E-state index contributed by atoms with van der Waals surface area (Å²) >= 11 is 0. The third-order valence-corrected chi connectivity index (χ3v) is 3.44. The van der Waals surface area contributed by atoms with Crippen molar-refractivity contribution >= 4 is 23.2 Å². The summed E-state index contributed by atoms with van der Waals surface area (Å²) in [4.78, 5) is 23.2. The van der Waals surface area contributed by atoms with Gasteiger partial charge in [0.25, 0.3) is 0 Å². The molecule has 0 fully saturated rings. The van der Waals surface area contributed by atoms with E-state index in [2.05, 4.69) is 17.6 Å². The Morgan fingerprint density at radius 1 is 1.42 bits per heavy atom. The fraction of sp³-hybridized carbons (Fsp3) is 0.467. The average molecular weight is 260 g/mol. The van der Waals surface area contributed by atoms with E-state index in [0.29, 0.717) is 6.42 Å². The predicted molar refractivity (Wildman–Crippen MR) is 76.1 cm³/mol. The maximum Gasteiger partial charge on any atom is 0.227 e. The summed E-state index contributed by atoms with van der Waals surface area (Å²) in [5, 5.41) is 5.77. The standard InChI is InChI=1S/C15H20N2O2/c1-3-4-10(2)15(19)16-12-6-7-13-11(9-12)5-8-14(18)17-13/h6-7,9-10H,3-5,8H2,1-2H3,(H,16,19)(H,17,18). The summed E-state index contributed by atoms with van der Waals surface area (Å²) in [7, 11) is 0. The number of carbonyl (C=O) groups excluding carboxylic acids is 2. The number of amides is 2. The molecule has 2 N–H and O–H groups in total. The number of anilines is 2. The third kappa shape index (κ3) is 3.34. The molecule has 1 atom stereocenters. The molecular formula is C15H20N2O2. The number of rotatable bonds is 4. The van der Waals surface area contributed by atoms with E-state index in [1.54, 1.807) is 0 Å². The first kappa shape index (κ1) is 13.6. The van der Waals surface area contributed by atoms with Gasteiger partial charge in [-0.3, -0.25) is 9.59 Å². The van der Waals surface area contributed by atoms with Gasteiger partial charge in [0.2, 0.25) is 11.8 Å². The minimum atomic E-state index is 0.0285. The van der Waals surface area contributed by atoms with Crippen LogP contribution in [0.1, 0.15) is 38.7 Å². The molecule has 1 aliphatic rings. The Kier molecular flexibility index (Phi) is 4.20. The van der Waals surface area contributed by atoms with Gasteiger partial charge in [-0.1, -0.05) is 20.3 Å². The van der Waals surface area contributed by atoms with Gasteiger partial charge in [-0.2, -0.15) is 0 Å². The third-order valence-electron chi connectivity index (χ3n) is 3.44. The molecule has 0 saturated carbocycles. The molecule has 102 valence electrons. The van der Waals surface area contributed by atoms with Gasteiger partial charge < -0.3 is 10.6 Å². The summed E-state index contributed by atoms with van der Waals surface area (Å²) in [5.74, 6) is 0.142. The predicted octanol–water partition coefficient (Wildman–Crippen LogP) is 2.95. The Labute approximate surface area is 113 Å². The monoisotopic (exact) mass is 260 g/mol. The van der Waals surface area contributed by atoms with Gasteiger partial charge in [0.1, 0.15) is 0 Å². The molecule has 0 bridgehead atoms. The maximum absolute atomic E-state index is 11.9. The Bertz CT molecular complexity index is 497. The van der Waals surface area contributed by atoms with Crippen molar-refractivity contribution < 1.29 is 9.59 Å². The van der Waals surface area contributed by atoms with Crippen LogP contribution in [0.4, 0.5) is 11.4 Å². The van der Waals surface area contributed by atoms with Crippen molar-refractivity contribution in [3.8, 4) is 0 Å². The van der Waals surface area contributed by atoms with E-state index in [-0.39, 0.29) is 17.7 Å². The van der Waals surface area contributed by atoms with Gasteiger partial charge in [0, 0.05) is 23.7 Å². The molecule has 4 heteroatoms. The minimum Gasteiger partial charge on any atom is -0.326 e. The molecule has 1 aliphatic heterocycles. The Hall–Kier alpha value is -1.84. The molecule has 2 amide bonds. The van der Waals surface area contributed by atoms with Crippen molar-refractivity contribution in [1.82, 2.24) is 0 Å². The largest absolute Gasteiger partial charge is 0.326 e. The summed E-state index contributed by atoms with van der Waals surface area (Å²) in [6.45, 7) is 4.02. The second kappa shape index (κ2) is 5.87. The van der Waals surface area contributed by atoms with Crippen LogP contribution in [0.15, 0.2) is 18.2 Å². The maximum atomic E-state index is 11.9. The van der Waals surface area contributed by atoms with Gasteiger partial charge >= 0.3 is 0 Å². The minimum absolute atomic E-state index is 0.0285. The number of aryl methyl sites for hydroxylation is 1. The second-order valence-corrected chi connectivity index (χ2v) is 5.10. The normalized spacial score (nSPS) is 15.4. The van der Waals surface area contributed by atoms with E-state index < -0.39 is 0 Å². The molecule has 0 aliphatic carbocycles. The van der Waals surface area contributed by atoms with Crippen molar-refractivity contribution in [2.45, 2.75) is 39.5 Å². The zero-order valence-electron chi connectivity index (χ0n) is 11.5. The van der Waals surface area contributed by atoms with Crippen LogP contribution in [0.2, 0.25) is 0 Å². The lowest BCUT2D eigenvalue weighted by atomic mass is 10.0. The molecule has 0 aromatic heterocycles. The lowest BCUT2D eigenvalue weighted by Gasteiger charge is -2.18. The molecule has 0 radical (unpaired) electrons. The van der Waals surface area contributed by atoms with Crippen molar-refractivity contribution in [2.24, 2.45) is 5.92 Å². The molecule has 1 unspecified atom stereocenters. The van der Waals surface area contributed by atoms with Crippen LogP contribution in [0, 0.1) is 5.92 Å². The molecule has 19 heavy (non-hydrogen) atoms. The highest BCUT2D eigenvalue weighted by molar-refractivity contribution is 5.96. The van der Waals surface area contributed by atoms with Gasteiger partial charge in [-0.25, -0.2) is 0 Å². The Morgan fingerprint density at radius 2 is 2.21 bits per heavy atom. The van der Waals surface area contributed by atoms with Crippen LogP contribution in [-0.4, -0.2) is 11.8 Å². The topological polar surface area (TPSA) is 58.2 Å². The first-order valence-electron chi connectivity index (χ1n) is 6.83. The highest BCUT2D eigenvalue weighted by Crippen LogP contribution is 2.26. The van der Waals surface area contributed by atoms with Crippen molar-refractivity contribution in [1.29, 1.82) is 0 Å². The zero-order valence-corrected chi connectivity index (χ0v) is 11.5. The van der Waals surface area contributed by atoms with Crippen LogP contribution in [0.5, 0.6) is 0 Å². The van der Waals surface area contributed by atoms with Crippen molar-refractivity contribution in [3.05, 3.63) is 23.8 Å². The second-order valence-electron chi connectivity index (χ2n) is 5.10. The summed E-state index contributed by atoms with van der Waals surface area (Å²) < 4.78 is 0. The smallest absolute Gasteiger partial charge is 0.227 e. The van der Waals surface area contributed by atoms with Crippen molar-refractivity contribution in [3.63, 3.8) is 0 Å². The summed E-state index contributed by atoms with van der Waals surface area (Å²) in [6, 6.07) is 5.64. The van der Waals surface area contributed by atoms with Gasteiger partial charge in [-0.05, 0) is 36.6 Å². The quantitative estimate of drug-likeness (QED) is 0.874. The number of carbonyl (C=O) groups is 2. The van der Waals surface area contributed by atoms with Gasteiger partial charge in [0.15, 0.2) is 0 Å². The first-order valence-corrected chi connectivity index (χ1v) is 6.83. The molecule has 1 aromatic rings. The SMILES string of the molecule is CCCC(C)C(=O)Nc1ccc2c(c1)CCC(=O)N2. The van der Waals surface area contributed by atoms with Crippen LogP contribution in [-0.2, 0) is 16.0 Å². The highest BCUT2D eigenvalue weighted by atomic mass is 16.2. The van der Waals surface area contributed by atoms with Crippen molar-refractivity contribution in [2.75, 3.05) is 10.6 Å². The number of benzene rings is 1. The summed E-state index contributed by atoms with van der Waals surface area (Å²) in [5.41, 5.74) is 2.75. The molecule has 2 rings (SSSR count). The fourth-order valence-electron chi connectivity index (χ4n) is 2.29. The number of hydrogen-bond acceptors (Lipinski definition) is 2. The molecule has 0 saturated heterocycles. The molecule has 1 aromatic carbocycles. The fourth-order valence-corrected chi connectivity index (χ4v) is 2.29. The molecule has 4 nitrogen and oxygen atoms in total. The highest BCUT2D eigenvalue weighted by Gasteiger charge is 2.16. The van der Waals surface area contributed by atoms with Gasteiger partial charge in [0.05, 0.1) is 0 Å². The molecule has 1 heterocycles. The van der Waals surface area contributed by atoms with Crippen LogP contribution in [0.3, 0.4) is 0 Å². The van der Waals surface area contributed by atoms with Gasteiger partial charge in [-0.15, -0.1) is 0 Å². The number of fused-ring (bicyclic) bond motifs is 1. The van der Waals surface area contributed by atoms with E-state index in [1.807, 2.05) is 25.1 Å². The lowest BCUT2D eigenvalue weighted by Crippen LogP contribution is -2.21. The van der Waals surface area contributed by atoms with E-state index in [4.69, 9.17) is 0 Å². The van der Waals surface area contributed by atoms with Crippen LogP contribution in [0.25, 0.3) is 0 Å². The van der Waals surface area contributed by atoms with Crippen LogP contribution >= 0.6 is 0 Å².